The summed E-state index contributed by atoms with van der Waals surface area (Å²) in [6.45, 7) is 5.46. The molecule has 1 atom stereocenters. The quantitative estimate of drug-likeness (QED) is 0.490. The zero-order valence-electron chi connectivity index (χ0n) is 17.1. The molecular weight excluding hydrogens is 400 g/mol. The second kappa shape index (κ2) is 7.28. The SMILES string of the molecule is COc1cccc(-c2cc(C(=O)N3CCC(c4nc(C)n5c(C)csc45)C3)no2)c1. The lowest BCUT2D eigenvalue weighted by Gasteiger charge is -2.14. The number of imidazole rings is 1. The van der Waals surface area contributed by atoms with Crippen molar-refractivity contribution in [1.82, 2.24) is 19.4 Å². The highest BCUT2D eigenvalue weighted by molar-refractivity contribution is 7.15. The molecule has 1 fully saturated rings. The van der Waals surface area contributed by atoms with Crippen molar-refractivity contribution < 1.29 is 14.1 Å². The molecule has 3 aromatic heterocycles. The van der Waals surface area contributed by atoms with E-state index in [9.17, 15) is 4.79 Å². The van der Waals surface area contributed by atoms with Gasteiger partial charge in [-0.1, -0.05) is 17.3 Å². The van der Waals surface area contributed by atoms with Crippen LogP contribution in [0.3, 0.4) is 0 Å². The van der Waals surface area contributed by atoms with Crippen LogP contribution in [0.5, 0.6) is 5.75 Å². The van der Waals surface area contributed by atoms with Crippen LogP contribution < -0.4 is 4.74 Å². The van der Waals surface area contributed by atoms with Gasteiger partial charge in [0.05, 0.1) is 12.8 Å². The van der Waals surface area contributed by atoms with Crippen LogP contribution in [0.25, 0.3) is 16.2 Å². The standard InChI is InChI=1S/C22H22N4O3S/c1-13-12-30-22-20(23-14(2)26(13)22)16-7-8-25(11-16)21(27)18-10-19(29-24-18)15-5-4-6-17(9-15)28-3/h4-6,9-10,12,16H,7-8,11H2,1-3H3. The minimum Gasteiger partial charge on any atom is -0.497 e. The monoisotopic (exact) mass is 422 g/mol. The predicted molar refractivity (Wildman–Crippen MR) is 114 cm³/mol. The van der Waals surface area contributed by atoms with Crippen molar-refractivity contribution in [2.45, 2.75) is 26.2 Å². The highest BCUT2D eigenvalue weighted by atomic mass is 32.1. The highest BCUT2D eigenvalue weighted by Crippen LogP contribution is 2.34. The molecule has 8 heteroatoms. The number of hydrogen-bond donors (Lipinski definition) is 0. The lowest BCUT2D eigenvalue weighted by Crippen LogP contribution is -2.28. The first-order valence-corrected chi connectivity index (χ1v) is 10.8. The minimum absolute atomic E-state index is 0.107. The van der Waals surface area contributed by atoms with E-state index in [2.05, 4.69) is 21.9 Å². The van der Waals surface area contributed by atoms with Gasteiger partial charge in [0.15, 0.2) is 11.5 Å². The van der Waals surface area contributed by atoms with Crippen molar-refractivity contribution in [2.75, 3.05) is 20.2 Å². The van der Waals surface area contributed by atoms with Crippen molar-refractivity contribution in [3.05, 3.63) is 58.6 Å². The number of likely N-dealkylation sites (tertiary alicyclic amines) is 1. The highest BCUT2D eigenvalue weighted by Gasteiger charge is 2.32. The molecule has 0 saturated carbocycles. The summed E-state index contributed by atoms with van der Waals surface area (Å²) < 4.78 is 12.9. The molecule has 0 radical (unpaired) electrons. The molecule has 0 aliphatic carbocycles. The van der Waals surface area contributed by atoms with Crippen LogP contribution in [0.1, 0.15) is 40.0 Å². The zero-order chi connectivity index (χ0) is 20.8. The van der Waals surface area contributed by atoms with E-state index in [1.165, 1.54) is 10.5 Å². The molecule has 1 aliphatic heterocycles. The van der Waals surface area contributed by atoms with E-state index >= 15 is 0 Å². The van der Waals surface area contributed by atoms with Gasteiger partial charge in [0, 0.05) is 41.7 Å². The van der Waals surface area contributed by atoms with E-state index in [0.29, 0.717) is 24.5 Å². The van der Waals surface area contributed by atoms with Crippen LogP contribution in [-0.2, 0) is 0 Å². The summed E-state index contributed by atoms with van der Waals surface area (Å²) in [5.74, 6) is 2.41. The fourth-order valence-electron chi connectivity index (χ4n) is 4.14. The molecule has 0 spiro atoms. The molecular formula is C22H22N4O3S. The van der Waals surface area contributed by atoms with E-state index in [-0.39, 0.29) is 11.8 Å². The number of aromatic nitrogens is 3. The second-order valence-corrected chi connectivity index (χ2v) is 8.47. The van der Waals surface area contributed by atoms with Crippen molar-refractivity contribution >= 4 is 22.1 Å². The van der Waals surface area contributed by atoms with E-state index in [0.717, 1.165) is 29.3 Å². The summed E-state index contributed by atoms with van der Waals surface area (Å²) in [4.78, 5) is 20.9. The van der Waals surface area contributed by atoms with Crippen LogP contribution in [0.4, 0.5) is 0 Å². The van der Waals surface area contributed by atoms with Crippen LogP contribution in [0, 0.1) is 13.8 Å². The van der Waals surface area contributed by atoms with Gasteiger partial charge in [-0.25, -0.2) is 4.98 Å². The number of rotatable bonds is 4. The summed E-state index contributed by atoms with van der Waals surface area (Å²) in [5.41, 5.74) is 3.44. The number of carbonyl (C=O) groups is 1. The van der Waals surface area contributed by atoms with Gasteiger partial charge in [-0.3, -0.25) is 9.20 Å². The number of ether oxygens (including phenoxy) is 1. The van der Waals surface area contributed by atoms with Crippen molar-refractivity contribution in [2.24, 2.45) is 0 Å². The Labute approximate surface area is 177 Å². The van der Waals surface area contributed by atoms with E-state index in [1.807, 2.05) is 36.1 Å². The number of fused-ring (bicyclic) bond motifs is 1. The fraction of sp³-hybridized carbons (Fsp3) is 0.318. The van der Waals surface area contributed by atoms with Gasteiger partial charge in [-0.2, -0.15) is 0 Å². The Morgan fingerprint density at radius 3 is 3.00 bits per heavy atom. The van der Waals surface area contributed by atoms with Crippen molar-refractivity contribution in [3.8, 4) is 17.1 Å². The van der Waals surface area contributed by atoms with Crippen molar-refractivity contribution in [3.63, 3.8) is 0 Å². The number of hydrogen-bond acceptors (Lipinski definition) is 6. The van der Waals surface area contributed by atoms with Gasteiger partial charge < -0.3 is 14.2 Å². The van der Waals surface area contributed by atoms with Gasteiger partial charge >= 0.3 is 0 Å². The topological polar surface area (TPSA) is 72.9 Å². The molecule has 1 unspecified atom stereocenters. The number of methoxy groups -OCH3 is 1. The molecule has 1 aliphatic rings. The first-order chi connectivity index (χ1) is 14.5. The van der Waals surface area contributed by atoms with Gasteiger partial charge in [0.1, 0.15) is 16.4 Å². The molecule has 1 amide bonds. The average molecular weight is 423 g/mol. The molecule has 7 nitrogen and oxygen atoms in total. The maximum atomic E-state index is 13.0. The second-order valence-electron chi connectivity index (χ2n) is 7.61. The maximum absolute atomic E-state index is 13.0. The zero-order valence-corrected chi connectivity index (χ0v) is 17.9. The number of benzene rings is 1. The van der Waals surface area contributed by atoms with Gasteiger partial charge in [-0.05, 0) is 32.4 Å². The largest absolute Gasteiger partial charge is 0.497 e. The number of aryl methyl sites for hydroxylation is 2. The smallest absolute Gasteiger partial charge is 0.276 e. The summed E-state index contributed by atoms with van der Waals surface area (Å²) in [6.07, 6.45) is 0.898. The Morgan fingerprint density at radius 1 is 1.30 bits per heavy atom. The summed E-state index contributed by atoms with van der Waals surface area (Å²) in [6, 6.07) is 9.20. The maximum Gasteiger partial charge on any atom is 0.276 e. The van der Waals surface area contributed by atoms with Crippen LogP contribution in [0.15, 0.2) is 40.2 Å². The Hall–Kier alpha value is -3.13. The van der Waals surface area contributed by atoms with Gasteiger partial charge in [0.25, 0.3) is 5.91 Å². The average Bonchev–Trinajstić information content (AvgIpc) is 3.54. The molecule has 1 saturated heterocycles. The van der Waals surface area contributed by atoms with E-state index in [4.69, 9.17) is 14.2 Å². The first kappa shape index (κ1) is 18.9. The Morgan fingerprint density at radius 2 is 2.17 bits per heavy atom. The van der Waals surface area contributed by atoms with E-state index < -0.39 is 0 Å². The third kappa shape index (κ3) is 3.08. The molecule has 154 valence electrons. The Kier molecular flexibility index (Phi) is 4.58. The summed E-state index contributed by atoms with van der Waals surface area (Å²) in [5, 5.41) is 6.18. The normalized spacial score (nSPS) is 16.5. The first-order valence-electron chi connectivity index (χ1n) is 9.88. The Bertz CT molecular complexity index is 1240. The lowest BCUT2D eigenvalue weighted by molar-refractivity contribution is 0.0780. The molecule has 1 aromatic carbocycles. The number of carbonyl (C=O) groups excluding carboxylic acids is 1. The molecule has 5 rings (SSSR count). The molecule has 0 bridgehead atoms. The minimum atomic E-state index is -0.107. The van der Waals surface area contributed by atoms with Crippen LogP contribution in [0.2, 0.25) is 0 Å². The number of amides is 1. The molecule has 4 aromatic rings. The third-order valence-electron chi connectivity index (χ3n) is 5.67. The molecule has 0 N–H and O–H groups in total. The van der Waals surface area contributed by atoms with Gasteiger partial charge in [0.2, 0.25) is 0 Å². The molecule has 30 heavy (non-hydrogen) atoms. The van der Waals surface area contributed by atoms with Gasteiger partial charge in [-0.15, -0.1) is 11.3 Å². The number of nitrogens with zero attached hydrogens (tertiary/aromatic N) is 4. The van der Waals surface area contributed by atoms with E-state index in [1.54, 1.807) is 24.5 Å². The van der Waals surface area contributed by atoms with Crippen molar-refractivity contribution in [1.29, 1.82) is 0 Å². The lowest BCUT2D eigenvalue weighted by atomic mass is 10.1. The third-order valence-corrected chi connectivity index (χ3v) is 6.74. The molecule has 4 heterocycles. The predicted octanol–water partition coefficient (Wildman–Crippen LogP) is 4.31. The number of thiazole rings is 1. The summed E-state index contributed by atoms with van der Waals surface area (Å²) in [7, 11) is 1.62. The Balaban J connectivity index is 1.35. The van der Waals surface area contributed by atoms with Crippen LogP contribution >= 0.6 is 11.3 Å². The summed E-state index contributed by atoms with van der Waals surface area (Å²) >= 11 is 1.72. The fourth-order valence-corrected chi connectivity index (χ4v) is 5.24. The van der Waals surface area contributed by atoms with Crippen LogP contribution in [-0.4, -0.2) is 45.5 Å².